The Morgan fingerprint density at radius 2 is 1.65 bits per heavy atom. The summed E-state index contributed by atoms with van der Waals surface area (Å²) in [7, 11) is 0. The molecule has 1 aromatic heterocycles. The molecular weight excluding hydrogens is 390 g/mol. The summed E-state index contributed by atoms with van der Waals surface area (Å²) in [6.07, 6.45) is 1.44. The normalized spacial score (nSPS) is 10.9. The Balaban J connectivity index is 1.64. The van der Waals surface area contributed by atoms with Crippen LogP contribution in [0.15, 0.2) is 90.0 Å². The molecule has 4 aromatic rings. The first kappa shape index (κ1) is 20.0. The number of fused-ring (bicyclic) bond motifs is 1. The van der Waals surface area contributed by atoms with E-state index in [0.717, 1.165) is 16.5 Å². The molecule has 0 spiro atoms. The molecule has 6 heteroatoms. The van der Waals surface area contributed by atoms with Crippen LogP contribution in [0.5, 0.6) is 5.75 Å². The first-order chi connectivity index (χ1) is 15.1. The lowest BCUT2D eigenvalue weighted by Crippen LogP contribution is -2.18. The van der Waals surface area contributed by atoms with Crippen molar-refractivity contribution in [3.05, 3.63) is 96.1 Å². The zero-order valence-electron chi connectivity index (χ0n) is 16.8. The van der Waals surface area contributed by atoms with Crippen molar-refractivity contribution in [3.63, 3.8) is 0 Å². The Morgan fingerprint density at radius 1 is 0.935 bits per heavy atom. The summed E-state index contributed by atoms with van der Waals surface area (Å²) < 4.78 is 5.16. The van der Waals surface area contributed by atoms with E-state index < -0.39 is 5.97 Å². The van der Waals surface area contributed by atoms with Gasteiger partial charge in [-0.3, -0.25) is 9.59 Å². The van der Waals surface area contributed by atoms with Crippen molar-refractivity contribution >= 4 is 29.0 Å². The summed E-state index contributed by atoms with van der Waals surface area (Å²) in [6.45, 7) is 1.33. The molecule has 0 atom stereocenters. The molecule has 31 heavy (non-hydrogen) atoms. The molecule has 0 radical (unpaired) electrons. The standard InChI is InChI=1S/C25H19N3O3/c1-17(29)31-24-14-8-5-11-19(24)16-26-28-25(30)21-15-23(18-9-3-2-4-10-18)27-22-13-7-6-12-20(21)22/h2-16H,1H3,(H,28,30)/b26-16-. The van der Waals surface area contributed by atoms with E-state index >= 15 is 0 Å². The van der Waals surface area contributed by atoms with E-state index in [-0.39, 0.29) is 5.91 Å². The highest BCUT2D eigenvalue weighted by molar-refractivity contribution is 6.07. The molecule has 0 aliphatic heterocycles. The van der Waals surface area contributed by atoms with Gasteiger partial charge in [-0.1, -0.05) is 60.7 Å². The monoisotopic (exact) mass is 409 g/mol. The van der Waals surface area contributed by atoms with E-state index in [2.05, 4.69) is 15.5 Å². The molecule has 4 rings (SSSR count). The van der Waals surface area contributed by atoms with Gasteiger partial charge in [0, 0.05) is 23.4 Å². The van der Waals surface area contributed by atoms with Gasteiger partial charge in [0.05, 0.1) is 23.0 Å². The maximum atomic E-state index is 13.0. The molecule has 0 aliphatic carbocycles. The molecule has 0 unspecified atom stereocenters. The number of nitrogens with one attached hydrogen (secondary N) is 1. The predicted octanol–water partition coefficient (Wildman–Crippen LogP) is 4.59. The number of nitrogens with zero attached hydrogens (tertiary/aromatic N) is 2. The van der Waals surface area contributed by atoms with E-state index in [1.807, 2.05) is 54.6 Å². The number of hydrogen-bond acceptors (Lipinski definition) is 5. The third kappa shape index (κ3) is 4.64. The number of hydrogen-bond donors (Lipinski definition) is 1. The number of benzene rings is 3. The molecule has 0 saturated heterocycles. The Hall–Kier alpha value is -4.32. The van der Waals surface area contributed by atoms with Crippen LogP contribution in [-0.4, -0.2) is 23.1 Å². The molecule has 6 nitrogen and oxygen atoms in total. The molecule has 152 valence electrons. The van der Waals surface area contributed by atoms with Gasteiger partial charge in [-0.2, -0.15) is 5.10 Å². The van der Waals surface area contributed by atoms with Gasteiger partial charge in [-0.25, -0.2) is 10.4 Å². The smallest absolute Gasteiger partial charge is 0.308 e. The number of carbonyl (C=O) groups excluding carboxylic acids is 2. The topological polar surface area (TPSA) is 80.6 Å². The summed E-state index contributed by atoms with van der Waals surface area (Å²) in [6, 6.07) is 25.9. The van der Waals surface area contributed by atoms with Crippen LogP contribution in [0.3, 0.4) is 0 Å². The van der Waals surface area contributed by atoms with Crippen LogP contribution < -0.4 is 10.2 Å². The van der Waals surface area contributed by atoms with Crippen molar-refractivity contribution in [3.8, 4) is 17.0 Å². The number of carbonyl (C=O) groups is 2. The predicted molar refractivity (Wildman–Crippen MR) is 120 cm³/mol. The fourth-order valence-electron chi connectivity index (χ4n) is 3.18. The third-order valence-corrected chi connectivity index (χ3v) is 4.57. The number of para-hydroxylation sites is 2. The van der Waals surface area contributed by atoms with Crippen LogP contribution >= 0.6 is 0 Å². The molecule has 1 heterocycles. The van der Waals surface area contributed by atoms with E-state index in [1.165, 1.54) is 13.1 Å². The molecule has 0 aliphatic rings. The van der Waals surface area contributed by atoms with Crippen LogP contribution in [0.1, 0.15) is 22.8 Å². The SMILES string of the molecule is CC(=O)Oc1ccccc1/C=N\NC(=O)c1cc(-c2ccccc2)nc2ccccc12. The maximum absolute atomic E-state index is 13.0. The highest BCUT2D eigenvalue weighted by atomic mass is 16.5. The second kappa shape index (κ2) is 9.00. The van der Waals surface area contributed by atoms with E-state index in [4.69, 9.17) is 4.74 Å². The van der Waals surface area contributed by atoms with Crippen molar-refractivity contribution < 1.29 is 14.3 Å². The minimum atomic E-state index is -0.429. The summed E-state index contributed by atoms with van der Waals surface area (Å²) >= 11 is 0. The largest absolute Gasteiger partial charge is 0.426 e. The van der Waals surface area contributed by atoms with Crippen LogP contribution in [0.25, 0.3) is 22.2 Å². The average Bonchev–Trinajstić information content (AvgIpc) is 2.79. The van der Waals surface area contributed by atoms with E-state index in [9.17, 15) is 9.59 Å². The third-order valence-electron chi connectivity index (χ3n) is 4.57. The molecule has 0 fully saturated rings. The number of aromatic nitrogens is 1. The Bertz CT molecular complexity index is 1280. The van der Waals surface area contributed by atoms with Crippen molar-refractivity contribution in [1.82, 2.24) is 10.4 Å². The minimum Gasteiger partial charge on any atom is -0.426 e. The van der Waals surface area contributed by atoms with E-state index in [1.54, 1.807) is 30.3 Å². The molecule has 0 saturated carbocycles. The van der Waals surface area contributed by atoms with Crippen LogP contribution in [0.4, 0.5) is 0 Å². The maximum Gasteiger partial charge on any atom is 0.308 e. The fraction of sp³-hybridized carbons (Fsp3) is 0.0400. The highest BCUT2D eigenvalue weighted by Gasteiger charge is 2.13. The van der Waals surface area contributed by atoms with Crippen molar-refractivity contribution in [2.24, 2.45) is 5.10 Å². The quantitative estimate of drug-likeness (QED) is 0.226. The second-order valence-corrected chi connectivity index (χ2v) is 6.77. The molecule has 3 aromatic carbocycles. The Kier molecular flexibility index (Phi) is 5.80. The van der Waals surface area contributed by atoms with Crippen molar-refractivity contribution in [2.45, 2.75) is 6.92 Å². The number of esters is 1. The molecule has 1 amide bonds. The lowest BCUT2D eigenvalue weighted by Gasteiger charge is -2.09. The van der Waals surface area contributed by atoms with Gasteiger partial charge in [0.15, 0.2) is 0 Å². The molecule has 0 bridgehead atoms. The second-order valence-electron chi connectivity index (χ2n) is 6.77. The van der Waals surface area contributed by atoms with Crippen molar-refractivity contribution in [2.75, 3.05) is 0 Å². The fourth-order valence-corrected chi connectivity index (χ4v) is 3.18. The summed E-state index contributed by atoms with van der Waals surface area (Å²) in [5, 5.41) is 4.79. The van der Waals surface area contributed by atoms with Crippen LogP contribution in [-0.2, 0) is 4.79 Å². The van der Waals surface area contributed by atoms with Crippen LogP contribution in [0, 0.1) is 0 Å². The number of rotatable bonds is 5. The molecular formula is C25H19N3O3. The van der Waals surface area contributed by atoms with Crippen LogP contribution in [0.2, 0.25) is 0 Å². The molecule has 1 N–H and O–H groups in total. The average molecular weight is 409 g/mol. The van der Waals surface area contributed by atoms with Gasteiger partial charge in [-0.15, -0.1) is 0 Å². The lowest BCUT2D eigenvalue weighted by molar-refractivity contribution is -0.131. The number of hydrazone groups is 1. The van der Waals surface area contributed by atoms with Gasteiger partial charge < -0.3 is 4.74 Å². The number of amides is 1. The summed E-state index contributed by atoms with van der Waals surface area (Å²) in [4.78, 5) is 28.9. The zero-order valence-corrected chi connectivity index (χ0v) is 16.8. The minimum absolute atomic E-state index is 0.364. The van der Waals surface area contributed by atoms with Crippen molar-refractivity contribution in [1.29, 1.82) is 0 Å². The van der Waals surface area contributed by atoms with Gasteiger partial charge in [0.2, 0.25) is 0 Å². The Morgan fingerprint density at radius 3 is 2.45 bits per heavy atom. The van der Waals surface area contributed by atoms with Gasteiger partial charge in [0.25, 0.3) is 5.91 Å². The number of pyridine rings is 1. The van der Waals surface area contributed by atoms with Gasteiger partial charge in [-0.05, 0) is 24.3 Å². The van der Waals surface area contributed by atoms with Gasteiger partial charge in [0.1, 0.15) is 5.75 Å². The summed E-state index contributed by atoms with van der Waals surface area (Å²) in [5.41, 5.74) is 5.94. The van der Waals surface area contributed by atoms with E-state index in [0.29, 0.717) is 22.6 Å². The first-order valence-electron chi connectivity index (χ1n) is 9.68. The highest BCUT2D eigenvalue weighted by Crippen LogP contribution is 2.24. The number of ether oxygens (including phenoxy) is 1. The summed E-state index contributed by atoms with van der Waals surface area (Å²) in [5.74, 6) is -0.424. The first-order valence-corrected chi connectivity index (χ1v) is 9.68. The zero-order chi connectivity index (χ0) is 21.6. The van der Waals surface area contributed by atoms with Gasteiger partial charge >= 0.3 is 5.97 Å². The Labute approximate surface area is 179 Å². The lowest BCUT2D eigenvalue weighted by atomic mass is 10.0.